The quantitative estimate of drug-likeness (QED) is 0.696. The first-order valence-corrected chi connectivity index (χ1v) is 10.3. The summed E-state index contributed by atoms with van der Waals surface area (Å²) < 4.78 is 0. The van der Waals surface area contributed by atoms with E-state index < -0.39 is 0 Å². The van der Waals surface area contributed by atoms with Gasteiger partial charge in [-0.25, -0.2) is 14.8 Å². The maximum atomic E-state index is 11.6. The summed E-state index contributed by atoms with van der Waals surface area (Å²) in [6, 6.07) is 16.7. The molecular formula is C23H27N5O. The summed E-state index contributed by atoms with van der Waals surface area (Å²) >= 11 is 0. The minimum Gasteiger partial charge on any atom is -0.341 e. The van der Waals surface area contributed by atoms with Crippen LogP contribution in [-0.4, -0.2) is 42.2 Å². The van der Waals surface area contributed by atoms with Gasteiger partial charge in [0.1, 0.15) is 0 Å². The van der Waals surface area contributed by atoms with E-state index in [-0.39, 0.29) is 6.03 Å². The van der Waals surface area contributed by atoms with Crippen LogP contribution in [0.3, 0.4) is 0 Å². The van der Waals surface area contributed by atoms with Crippen LogP contribution in [0.4, 0.5) is 10.7 Å². The highest BCUT2D eigenvalue weighted by Gasteiger charge is 2.21. The lowest BCUT2D eigenvalue weighted by Crippen LogP contribution is -2.42. The molecule has 1 saturated heterocycles. The van der Waals surface area contributed by atoms with Crippen LogP contribution in [0.15, 0.2) is 54.7 Å². The molecule has 1 fully saturated rings. The third kappa shape index (κ3) is 4.65. The molecule has 1 aliphatic heterocycles. The van der Waals surface area contributed by atoms with Gasteiger partial charge in [-0.05, 0) is 48.6 Å². The molecule has 0 spiro atoms. The molecule has 0 bridgehead atoms. The fourth-order valence-electron chi connectivity index (χ4n) is 3.81. The largest absolute Gasteiger partial charge is 0.341 e. The Morgan fingerprint density at radius 3 is 2.66 bits per heavy atom. The number of amides is 2. The number of piperidine rings is 1. The topological polar surface area (TPSA) is 70.2 Å². The van der Waals surface area contributed by atoms with Gasteiger partial charge in [0.25, 0.3) is 0 Å². The first-order chi connectivity index (χ1) is 14.2. The predicted molar refractivity (Wildman–Crippen MR) is 117 cm³/mol. The summed E-state index contributed by atoms with van der Waals surface area (Å²) in [4.78, 5) is 23.2. The molecule has 3 aromatic rings. The van der Waals surface area contributed by atoms with Crippen LogP contribution in [-0.2, 0) is 0 Å². The Morgan fingerprint density at radius 2 is 1.86 bits per heavy atom. The van der Waals surface area contributed by atoms with Crippen molar-refractivity contribution in [3.8, 4) is 11.3 Å². The lowest BCUT2D eigenvalue weighted by molar-refractivity contribution is 0.238. The average molecular weight is 390 g/mol. The van der Waals surface area contributed by atoms with Crippen molar-refractivity contribution in [1.82, 2.24) is 20.6 Å². The number of hydrogen-bond acceptors (Lipinski definition) is 4. The third-order valence-electron chi connectivity index (χ3n) is 5.47. The van der Waals surface area contributed by atoms with E-state index in [1.54, 1.807) is 0 Å². The second kappa shape index (κ2) is 8.90. The molecule has 2 amide bonds. The van der Waals surface area contributed by atoms with Crippen molar-refractivity contribution in [3.05, 3.63) is 54.7 Å². The van der Waals surface area contributed by atoms with Gasteiger partial charge in [0.2, 0.25) is 5.95 Å². The Morgan fingerprint density at radius 1 is 1.07 bits per heavy atom. The van der Waals surface area contributed by atoms with Crippen molar-refractivity contribution >= 4 is 22.8 Å². The van der Waals surface area contributed by atoms with Crippen molar-refractivity contribution in [2.45, 2.75) is 19.8 Å². The van der Waals surface area contributed by atoms with Crippen LogP contribution in [0.2, 0.25) is 0 Å². The van der Waals surface area contributed by atoms with E-state index in [4.69, 9.17) is 4.98 Å². The highest BCUT2D eigenvalue weighted by molar-refractivity contribution is 5.86. The van der Waals surface area contributed by atoms with E-state index in [1.807, 2.05) is 19.2 Å². The smallest absolute Gasteiger partial charge is 0.314 e. The number of nitrogens with one attached hydrogen (secondary N) is 2. The van der Waals surface area contributed by atoms with E-state index in [2.05, 4.69) is 63.0 Å². The molecule has 0 atom stereocenters. The van der Waals surface area contributed by atoms with Gasteiger partial charge >= 0.3 is 6.03 Å². The number of rotatable bonds is 5. The molecule has 2 N–H and O–H groups in total. The zero-order valence-corrected chi connectivity index (χ0v) is 16.8. The van der Waals surface area contributed by atoms with Crippen LogP contribution >= 0.6 is 0 Å². The summed E-state index contributed by atoms with van der Waals surface area (Å²) in [6.07, 6.45) is 3.89. The van der Waals surface area contributed by atoms with Gasteiger partial charge in [0, 0.05) is 37.9 Å². The van der Waals surface area contributed by atoms with Gasteiger partial charge < -0.3 is 15.5 Å². The lowest BCUT2D eigenvalue weighted by atomic mass is 9.97. The van der Waals surface area contributed by atoms with Crippen LogP contribution in [0.1, 0.15) is 19.8 Å². The first-order valence-electron chi connectivity index (χ1n) is 10.3. The van der Waals surface area contributed by atoms with Gasteiger partial charge in [0.15, 0.2) is 0 Å². The minimum absolute atomic E-state index is 0.0821. The van der Waals surface area contributed by atoms with Crippen LogP contribution in [0, 0.1) is 5.92 Å². The number of benzene rings is 2. The summed E-state index contributed by atoms with van der Waals surface area (Å²) in [7, 11) is 0. The maximum Gasteiger partial charge on any atom is 0.314 e. The molecule has 150 valence electrons. The van der Waals surface area contributed by atoms with E-state index in [0.717, 1.165) is 49.7 Å². The van der Waals surface area contributed by atoms with E-state index in [1.165, 1.54) is 10.8 Å². The lowest BCUT2D eigenvalue weighted by Gasteiger charge is -2.32. The van der Waals surface area contributed by atoms with Crippen molar-refractivity contribution in [1.29, 1.82) is 0 Å². The molecule has 29 heavy (non-hydrogen) atoms. The molecule has 2 heterocycles. The first kappa shape index (κ1) is 19.2. The van der Waals surface area contributed by atoms with E-state index in [9.17, 15) is 4.79 Å². The highest BCUT2D eigenvalue weighted by atomic mass is 16.2. The van der Waals surface area contributed by atoms with E-state index in [0.29, 0.717) is 12.5 Å². The molecule has 0 saturated carbocycles. The molecule has 0 radical (unpaired) electrons. The SMILES string of the molecule is CCNC(=O)NCC1CCN(c2nccc(-c3ccc4ccccc4c3)n2)CC1. The Balaban J connectivity index is 1.41. The molecule has 6 nitrogen and oxygen atoms in total. The standard InChI is InChI=1S/C23H27N5O/c1-2-24-23(29)26-16-17-10-13-28(14-11-17)22-25-12-9-21(27-22)20-8-7-18-5-3-4-6-19(18)15-20/h3-9,12,15,17H,2,10-11,13-14,16H2,1H3,(H2,24,26,29). The van der Waals surface area contributed by atoms with Crippen molar-refractivity contribution in [3.63, 3.8) is 0 Å². The molecule has 6 heteroatoms. The minimum atomic E-state index is -0.0821. The average Bonchev–Trinajstić information content (AvgIpc) is 2.78. The number of hydrogen-bond donors (Lipinski definition) is 2. The third-order valence-corrected chi connectivity index (χ3v) is 5.47. The number of urea groups is 1. The molecule has 1 aromatic heterocycles. The van der Waals surface area contributed by atoms with Gasteiger partial charge in [-0.1, -0.05) is 36.4 Å². The fourth-order valence-corrected chi connectivity index (χ4v) is 3.81. The highest BCUT2D eigenvalue weighted by Crippen LogP contribution is 2.25. The molecule has 4 rings (SSSR count). The van der Waals surface area contributed by atoms with Gasteiger partial charge in [-0.15, -0.1) is 0 Å². The van der Waals surface area contributed by atoms with Gasteiger partial charge in [0.05, 0.1) is 5.69 Å². The number of carbonyl (C=O) groups is 1. The van der Waals surface area contributed by atoms with Crippen molar-refractivity contribution < 1.29 is 4.79 Å². The molecular weight excluding hydrogens is 362 g/mol. The Bertz CT molecular complexity index is 982. The number of nitrogens with zero attached hydrogens (tertiary/aromatic N) is 3. The Labute approximate surface area is 171 Å². The fraction of sp³-hybridized carbons (Fsp3) is 0.348. The summed E-state index contributed by atoms with van der Waals surface area (Å²) in [5.41, 5.74) is 2.05. The van der Waals surface area contributed by atoms with Crippen molar-refractivity contribution in [2.75, 3.05) is 31.1 Å². The van der Waals surface area contributed by atoms with Crippen LogP contribution < -0.4 is 15.5 Å². The zero-order chi connectivity index (χ0) is 20.1. The monoisotopic (exact) mass is 389 g/mol. The molecule has 2 aromatic carbocycles. The van der Waals surface area contributed by atoms with Gasteiger partial charge in [-0.3, -0.25) is 0 Å². The normalized spacial score (nSPS) is 14.7. The number of anilines is 1. The second-order valence-electron chi connectivity index (χ2n) is 7.47. The van der Waals surface area contributed by atoms with Crippen LogP contribution in [0.5, 0.6) is 0 Å². The van der Waals surface area contributed by atoms with Gasteiger partial charge in [-0.2, -0.15) is 0 Å². The number of carbonyl (C=O) groups excluding carboxylic acids is 1. The summed E-state index contributed by atoms with van der Waals surface area (Å²) in [5, 5.41) is 8.17. The number of fused-ring (bicyclic) bond motifs is 1. The molecule has 0 unspecified atom stereocenters. The summed E-state index contributed by atoms with van der Waals surface area (Å²) in [5.74, 6) is 1.28. The van der Waals surface area contributed by atoms with E-state index >= 15 is 0 Å². The predicted octanol–water partition coefficient (Wildman–Crippen LogP) is 3.83. The Hall–Kier alpha value is -3.15. The van der Waals surface area contributed by atoms with Crippen molar-refractivity contribution in [2.24, 2.45) is 5.92 Å². The molecule has 1 aliphatic rings. The Kier molecular flexibility index (Phi) is 5.89. The zero-order valence-electron chi connectivity index (χ0n) is 16.8. The summed E-state index contributed by atoms with van der Waals surface area (Å²) in [6.45, 7) is 5.10. The molecule has 0 aliphatic carbocycles. The maximum absolute atomic E-state index is 11.6. The van der Waals surface area contributed by atoms with Crippen LogP contribution in [0.25, 0.3) is 22.0 Å². The number of aromatic nitrogens is 2. The second-order valence-corrected chi connectivity index (χ2v) is 7.47.